The van der Waals surface area contributed by atoms with Crippen LogP contribution in [0.1, 0.15) is 21.5 Å². The van der Waals surface area contributed by atoms with E-state index in [-0.39, 0.29) is 33.3 Å². The summed E-state index contributed by atoms with van der Waals surface area (Å²) in [6.07, 6.45) is 0. The Labute approximate surface area is 106 Å². The lowest BCUT2D eigenvalue weighted by atomic mass is 10.0. The zero-order chi connectivity index (χ0) is 13.9. The summed E-state index contributed by atoms with van der Waals surface area (Å²) in [5, 5.41) is 8.92. The number of carbonyl (C=O) groups excluding carboxylic acids is 1. The summed E-state index contributed by atoms with van der Waals surface area (Å²) < 4.78 is 41.3. The summed E-state index contributed by atoms with van der Waals surface area (Å²) in [5.74, 6) is -0.752. The number of nitriles is 1. The first-order valence-corrected chi connectivity index (χ1v) is 5.49. The second-order valence-corrected chi connectivity index (χ2v) is 4.37. The zero-order valence-corrected chi connectivity index (χ0v) is 10.3. The Kier molecular flexibility index (Phi) is 4.24. The number of benzene rings is 1. The lowest BCUT2D eigenvalue weighted by Gasteiger charge is -2.11. The van der Waals surface area contributed by atoms with Gasteiger partial charge >= 0.3 is 11.5 Å². The van der Waals surface area contributed by atoms with Crippen molar-refractivity contribution < 1.29 is 22.7 Å². The van der Waals surface area contributed by atoms with Crippen molar-refractivity contribution in [3.05, 3.63) is 28.8 Å². The molecule has 0 N–H and O–H groups in total. The van der Waals surface area contributed by atoms with E-state index in [2.05, 4.69) is 4.74 Å². The lowest BCUT2D eigenvalue weighted by Crippen LogP contribution is -2.07. The number of rotatable bonds is 2. The largest absolute Gasteiger partial charge is 0.465 e. The lowest BCUT2D eigenvalue weighted by molar-refractivity contribution is -0.0328. The summed E-state index contributed by atoms with van der Waals surface area (Å²) in [5.41, 5.74) is -4.47. The molecule has 0 radical (unpaired) electrons. The smallest absolute Gasteiger partial charge is 0.446 e. The maximum Gasteiger partial charge on any atom is 0.446 e. The highest BCUT2D eigenvalue weighted by Gasteiger charge is 2.31. The number of ether oxygens (including phenoxy) is 1. The summed E-state index contributed by atoms with van der Waals surface area (Å²) in [6, 6.07) is 4.04. The zero-order valence-electron chi connectivity index (χ0n) is 9.46. The summed E-state index contributed by atoms with van der Waals surface area (Å²) in [7, 11) is 1.14. The molecule has 1 rings (SSSR count). The van der Waals surface area contributed by atoms with Gasteiger partial charge in [0.25, 0.3) is 0 Å². The molecule has 1 aromatic carbocycles. The standard InChI is InChI=1S/C11H8F3NO2S/c1-6-8(5-15)7(10(16)17-2)3-4-9(6)18-11(12,13)14/h3-4H,1-2H3. The van der Waals surface area contributed by atoms with E-state index in [9.17, 15) is 18.0 Å². The maximum atomic E-state index is 12.3. The van der Waals surface area contributed by atoms with Crippen LogP contribution >= 0.6 is 11.8 Å². The fourth-order valence-corrected chi connectivity index (χ4v) is 1.99. The first-order chi connectivity index (χ1) is 8.30. The SMILES string of the molecule is COC(=O)c1ccc(SC(F)(F)F)c(C)c1C#N. The van der Waals surface area contributed by atoms with E-state index in [0.29, 0.717) is 0 Å². The molecule has 0 aliphatic heterocycles. The van der Waals surface area contributed by atoms with E-state index in [1.807, 2.05) is 0 Å². The molecular formula is C11H8F3NO2S. The van der Waals surface area contributed by atoms with Crippen molar-refractivity contribution in [2.75, 3.05) is 7.11 Å². The van der Waals surface area contributed by atoms with Gasteiger partial charge in [0, 0.05) is 4.90 Å². The van der Waals surface area contributed by atoms with Gasteiger partial charge in [-0.3, -0.25) is 0 Å². The quantitative estimate of drug-likeness (QED) is 0.614. The molecule has 0 fully saturated rings. The minimum atomic E-state index is -4.44. The Morgan fingerprint density at radius 2 is 2.06 bits per heavy atom. The van der Waals surface area contributed by atoms with Crippen LogP contribution in [-0.2, 0) is 4.74 Å². The predicted molar refractivity (Wildman–Crippen MR) is 59.1 cm³/mol. The van der Waals surface area contributed by atoms with Crippen LogP contribution in [0.3, 0.4) is 0 Å². The highest BCUT2D eigenvalue weighted by molar-refractivity contribution is 8.00. The van der Waals surface area contributed by atoms with Crippen molar-refractivity contribution in [2.45, 2.75) is 17.3 Å². The average molecular weight is 275 g/mol. The highest BCUT2D eigenvalue weighted by Crippen LogP contribution is 2.39. The number of nitrogens with zero attached hydrogens (tertiary/aromatic N) is 1. The molecule has 0 aliphatic carbocycles. The Morgan fingerprint density at radius 1 is 1.44 bits per heavy atom. The van der Waals surface area contributed by atoms with Gasteiger partial charge in [0.05, 0.1) is 18.2 Å². The molecule has 1 aromatic rings. The Morgan fingerprint density at radius 3 is 2.50 bits per heavy atom. The Balaban J connectivity index is 3.30. The van der Waals surface area contributed by atoms with Gasteiger partial charge in [0.15, 0.2) is 0 Å². The molecule has 0 aliphatic rings. The molecule has 3 nitrogen and oxygen atoms in total. The molecule has 0 aromatic heterocycles. The van der Waals surface area contributed by atoms with E-state index >= 15 is 0 Å². The number of methoxy groups -OCH3 is 1. The van der Waals surface area contributed by atoms with Crippen LogP contribution in [0.15, 0.2) is 17.0 Å². The van der Waals surface area contributed by atoms with Crippen LogP contribution in [0, 0.1) is 18.3 Å². The van der Waals surface area contributed by atoms with Gasteiger partial charge in [-0.25, -0.2) is 4.79 Å². The molecule has 18 heavy (non-hydrogen) atoms. The van der Waals surface area contributed by atoms with Gasteiger partial charge in [-0.15, -0.1) is 0 Å². The number of alkyl halides is 3. The molecule has 0 saturated carbocycles. The number of carbonyl (C=O) groups is 1. The molecule has 0 bridgehead atoms. The molecule has 96 valence electrons. The van der Waals surface area contributed by atoms with Gasteiger partial charge in [0.1, 0.15) is 6.07 Å². The van der Waals surface area contributed by atoms with Crippen molar-refractivity contribution in [1.29, 1.82) is 5.26 Å². The van der Waals surface area contributed by atoms with Crippen LogP contribution in [0.25, 0.3) is 0 Å². The van der Waals surface area contributed by atoms with E-state index in [1.54, 1.807) is 6.07 Å². The number of halogens is 3. The van der Waals surface area contributed by atoms with Crippen LogP contribution in [0.2, 0.25) is 0 Å². The first-order valence-electron chi connectivity index (χ1n) is 4.68. The van der Waals surface area contributed by atoms with Gasteiger partial charge in [0.2, 0.25) is 0 Å². The highest BCUT2D eigenvalue weighted by atomic mass is 32.2. The average Bonchev–Trinajstić information content (AvgIpc) is 2.28. The third-order valence-corrected chi connectivity index (χ3v) is 3.05. The van der Waals surface area contributed by atoms with Crippen LogP contribution in [-0.4, -0.2) is 18.6 Å². The molecule has 0 atom stereocenters. The van der Waals surface area contributed by atoms with Crippen molar-refractivity contribution in [3.8, 4) is 6.07 Å². The molecule has 0 amide bonds. The van der Waals surface area contributed by atoms with E-state index < -0.39 is 11.5 Å². The fraction of sp³-hybridized carbons (Fsp3) is 0.273. The van der Waals surface area contributed by atoms with Crippen molar-refractivity contribution in [1.82, 2.24) is 0 Å². The Hall–Kier alpha value is -1.68. The second kappa shape index (κ2) is 5.31. The fourth-order valence-electron chi connectivity index (χ4n) is 1.35. The molecule has 0 saturated heterocycles. The topological polar surface area (TPSA) is 50.1 Å². The third kappa shape index (κ3) is 3.17. The van der Waals surface area contributed by atoms with Gasteiger partial charge in [-0.1, -0.05) is 0 Å². The number of thioether (sulfide) groups is 1. The Bertz CT molecular complexity index is 520. The van der Waals surface area contributed by atoms with E-state index in [1.165, 1.54) is 6.92 Å². The number of hydrogen-bond donors (Lipinski definition) is 0. The van der Waals surface area contributed by atoms with Crippen LogP contribution in [0.5, 0.6) is 0 Å². The molecule has 0 spiro atoms. The molecular weight excluding hydrogens is 267 g/mol. The van der Waals surface area contributed by atoms with Crippen LogP contribution < -0.4 is 0 Å². The third-order valence-electron chi connectivity index (χ3n) is 2.16. The van der Waals surface area contributed by atoms with Crippen molar-refractivity contribution in [3.63, 3.8) is 0 Å². The maximum absolute atomic E-state index is 12.3. The summed E-state index contributed by atoms with van der Waals surface area (Å²) >= 11 is -0.318. The minimum Gasteiger partial charge on any atom is -0.465 e. The number of esters is 1. The van der Waals surface area contributed by atoms with Crippen molar-refractivity contribution in [2.24, 2.45) is 0 Å². The second-order valence-electron chi connectivity index (χ2n) is 3.26. The van der Waals surface area contributed by atoms with Gasteiger partial charge in [-0.05, 0) is 36.4 Å². The van der Waals surface area contributed by atoms with E-state index in [0.717, 1.165) is 19.2 Å². The van der Waals surface area contributed by atoms with Crippen LogP contribution in [0.4, 0.5) is 13.2 Å². The van der Waals surface area contributed by atoms with Gasteiger partial charge in [-0.2, -0.15) is 18.4 Å². The van der Waals surface area contributed by atoms with Gasteiger partial charge < -0.3 is 4.74 Å². The predicted octanol–water partition coefficient (Wildman–Crippen LogP) is 3.27. The first kappa shape index (κ1) is 14.4. The number of hydrogen-bond acceptors (Lipinski definition) is 4. The van der Waals surface area contributed by atoms with E-state index in [4.69, 9.17) is 5.26 Å². The van der Waals surface area contributed by atoms with Crippen molar-refractivity contribution >= 4 is 17.7 Å². The normalized spacial score (nSPS) is 10.9. The molecule has 0 heterocycles. The monoisotopic (exact) mass is 275 g/mol. The molecule has 7 heteroatoms. The summed E-state index contributed by atoms with van der Waals surface area (Å²) in [6.45, 7) is 1.36. The summed E-state index contributed by atoms with van der Waals surface area (Å²) in [4.78, 5) is 11.2. The molecule has 0 unspecified atom stereocenters. The minimum absolute atomic E-state index is 0.0379.